The van der Waals surface area contributed by atoms with Crippen molar-refractivity contribution in [1.82, 2.24) is 15.0 Å². The van der Waals surface area contributed by atoms with Crippen molar-refractivity contribution >= 4 is 49.3 Å². The Kier molecular flexibility index (Phi) is 7.07. The van der Waals surface area contributed by atoms with Crippen LogP contribution >= 0.6 is 23.1 Å². The fraction of sp³-hybridized carbons (Fsp3) is 0.640. The van der Waals surface area contributed by atoms with Crippen molar-refractivity contribution in [1.29, 1.82) is 0 Å². The van der Waals surface area contributed by atoms with Gasteiger partial charge in [-0.15, -0.1) is 23.1 Å². The Morgan fingerprint density at radius 3 is 2.73 bits per heavy atom. The van der Waals surface area contributed by atoms with Crippen LogP contribution in [-0.2, 0) is 22.5 Å². The summed E-state index contributed by atoms with van der Waals surface area (Å²) in [7, 11) is 0. The van der Waals surface area contributed by atoms with Crippen molar-refractivity contribution in [3.8, 4) is 0 Å². The Bertz CT molecular complexity index is 1120. The Balaban J connectivity index is 1.54. The molecular weight excluding hydrogens is 452 g/mol. The number of hydrogen-bond donors (Lipinski definition) is 0. The standard InChI is InChI=1S/C25H34N4O2S2/c1-4-5-6-7-8-13-32-24-21-20(26-16-27-24)19-17-14-25(2,3)31-15-18(17)22(28-23(19)33-21)29-9-11-30-12-10-29/h16H,4-15H2,1-3H3. The molecule has 6 nitrogen and oxygen atoms in total. The molecule has 5 heterocycles. The predicted octanol–water partition coefficient (Wildman–Crippen LogP) is 5.99. The van der Waals surface area contributed by atoms with E-state index in [1.165, 1.54) is 53.3 Å². The van der Waals surface area contributed by atoms with E-state index in [0.717, 1.165) is 59.7 Å². The fourth-order valence-corrected chi connectivity index (χ4v) is 7.01. The molecule has 0 aromatic carbocycles. The maximum Gasteiger partial charge on any atom is 0.136 e. The van der Waals surface area contributed by atoms with Gasteiger partial charge in [-0.25, -0.2) is 15.0 Å². The molecule has 1 fully saturated rings. The van der Waals surface area contributed by atoms with Crippen molar-refractivity contribution in [3.05, 3.63) is 17.5 Å². The minimum atomic E-state index is -0.194. The average molecular weight is 487 g/mol. The van der Waals surface area contributed by atoms with E-state index in [4.69, 9.17) is 19.4 Å². The number of nitrogens with zero attached hydrogens (tertiary/aromatic N) is 4. The highest BCUT2D eigenvalue weighted by Gasteiger charge is 2.33. The summed E-state index contributed by atoms with van der Waals surface area (Å²) < 4.78 is 13.0. The van der Waals surface area contributed by atoms with Crippen molar-refractivity contribution in [2.24, 2.45) is 0 Å². The fourth-order valence-electron chi connectivity index (χ4n) is 4.78. The number of anilines is 1. The van der Waals surface area contributed by atoms with Crippen LogP contribution in [0.2, 0.25) is 0 Å². The molecule has 178 valence electrons. The van der Waals surface area contributed by atoms with Gasteiger partial charge in [0.2, 0.25) is 0 Å². The molecule has 0 unspecified atom stereocenters. The number of aromatic nitrogens is 3. The molecule has 0 N–H and O–H groups in total. The Labute approximate surface area is 204 Å². The topological polar surface area (TPSA) is 60.4 Å². The van der Waals surface area contributed by atoms with Crippen LogP contribution in [0, 0.1) is 0 Å². The van der Waals surface area contributed by atoms with Gasteiger partial charge in [-0.1, -0.05) is 32.6 Å². The molecule has 33 heavy (non-hydrogen) atoms. The van der Waals surface area contributed by atoms with Crippen LogP contribution in [0.3, 0.4) is 0 Å². The molecule has 0 bridgehead atoms. The molecule has 0 spiro atoms. The van der Waals surface area contributed by atoms with Gasteiger partial charge in [-0.05, 0) is 31.6 Å². The third-order valence-electron chi connectivity index (χ3n) is 6.57. The van der Waals surface area contributed by atoms with E-state index in [9.17, 15) is 0 Å². The highest BCUT2D eigenvalue weighted by Crippen LogP contribution is 2.44. The summed E-state index contributed by atoms with van der Waals surface area (Å²) in [6, 6.07) is 0. The van der Waals surface area contributed by atoms with E-state index in [1.54, 1.807) is 17.7 Å². The van der Waals surface area contributed by atoms with Crippen molar-refractivity contribution in [2.75, 3.05) is 37.0 Å². The molecule has 2 aliphatic rings. The van der Waals surface area contributed by atoms with Gasteiger partial charge >= 0.3 is 0 Å². The highest BCUT2D eigenvalue weighted by atomic mass is 32.2. The Morgan fingerprint density at radius 1 is 1.09 bits per heavy atom. The van der Waals surface area contributed by atoms with Crippen LogP contribution in [0.4, 0.5) is 5.82 Å². The highest BCUT2D eigenvalue weighted by molar-refractivity contribution is 7.99. The lowest BCUT2D eigenvalue weighted by Gasteiger charge is -2.36. The van der Waals surface area contributed by atoms with E-state index >= 15 is 0 Å². The number of thioether (sulfide) groups is 1. The van der Waals surface area contributed by atoms with Crippen molar-refractivity contribution in [3.63, 3.8) is 0 Å². The zero-order chi connectivity index (χ0) is 22.8. The molecule has 8 heteroatoms. The largest absolute Gasteiger partial charge is 0.378 e. The van der Waals surface area contributed by atoms with E-state index < -0.39 is 0 Å². The molecule has 0 saturated carbocycles. The van der Waals surface area contributed by atoms with Gasteiger partial charge in [0.1, 0.15) is 22.0 Å². The van der Waals surface area contributed by atoms with Gasteiger partial charge in [0, 0.05) is 30.5 Å². The number of rotatable bonds is 8. The minimum absolute atomic E-state index is 0.194. The first kappa shape index (κ1) is 23.3. The molecule has 3 aromatic heterocycles. The molecule has 0 amide bonds. The predicted molar refractivity (Wildman–Crippen MR) is 138 cm³/mol. The molecule has 5 rings (SSSR count). The van der Waals surface area contributed by atoms with Gasteiger partial charge < -0.3 is 14.4 Å². The van der Waals surface area contributed by atoms with Gasteiger partial charge in [-0.2, -0.15) is 0 Å². The normalized spacial score (nSPS) is 18.2. The minimum Gasteiger partial charge on any atom is -0.378 e. The number of unbranched alkanes of at least 4 members (excludes halogenated alkanes) is 4. The lowest BCUT2D eigenvalue weighted by molar-refractivity contribution is -0.0396. The summed E-state index contributed by atoms with van der Waals surface area (Å²) in [5, 5.41) is 2.32. The first-order valence-corrected chi connectivity index (χ1v) is 14.1. The van der Waals surface area contributed by atoms with Crippen LogP contribution in [0.15, 0.2) is 11.4 Å². The van der Waals surface area contributed by atoms with E-state index in [0.29, 0.717) is 6.61 Å². The SMILES string of the molecule is CCCCCCCSc1ncnc2c1sc1nc(N3CCOCC3)c3c(c12)CC(C)(C)OC3. The lowest BCUT2D eigenvalue weighted by atomic mass is 9.90. The number of morpholine rings is 1. The molecule has 0 atom stereocenters. The zero-order valence-electron chi connectivity index (χ0n) is 20.0. The lowest BCUT2D eigenvalue weighted by Crippen LogP contribution is -2.39. The van der Waals surface area contributed by atoms with E-state index in [-0.39, 0.29) is 5.60 Å². The summed E-state index contributed by atoms with van der Waals surface area (Å²) in [6.45, 7) is 10.5. The third kappa shape index (κ3) is 4.85. The van der Waals surface area contributed by atoms with Crippen LogP contribution in [0.1, 0.15) is 64.0 Å². The van der Waals surface area contributed by atoms with Gasteiger partial charge in [0.15, 0.2) is 0 Å². The zero-order valence-corrected chi connectivity index (χ0v) is 21.6. The van der Waals surface area contributed by atoms with Crippen LogP contribution in [0.25, 0.3) is 20.4 Å². The summed E-state index contributed by atoms with van der Waals surface area (Å²) in [4.78, 5) is 18.1. The second-order valence-corrected chi connectivity index (χ2v) is 11.7. The molecule has 0 radical (unpaired) electrons. The van der Waals surface area contributed by atoms with Crippen LogP contribution in [0.5, 0.6) is 0 Å². The maximum atomic E-state index is 6.25. The summed E-state index contributed by atoms with van der Waals surface area (Å²) in [5.41, 5.74) is 3.46. The monoisotopic (exact) mass is 486 g/mol. The number of hydrogen-bond acceptors (Lipinski definition) is 8. The second kappa shape index (κ2) is 10.0. The second-order valence-electron chi connectivity index (χ2n) is 9.62. The third-order valence-corrected chi connectivity index (χ3v) is 8.86. The van der Waals surface area contributed by atoms with Crippen molar-refractivity contribution < 1.29 is 9.47 Å². The summed E-state index contributed by atoms with van der Waals surface area (Å²) >= 11 is 3.63. The number of thiophene rings is 1. The van der Waals surface area contributed by atoms with Crippen molar-refractivity contribution in [2.45, 2.75) is 76.5 Å². The maximum absolute atomic E-state index is 6.25. The summed E-state index contributed by atoms with van der Waals surface area (Å²) in [6.07, 6.45) is 9.09. The molecule has 1 saturated heterocycles. The molecule has 2 aliphatic heterocycles. The number of pyridine rings is 1. The molecule has 0 aliphatic carbocycles. The molecular formula is C25H34N4O2S2. The van der Waals surface area contributed by atoms with Crippen LogP contribution < -0.4 is 4.90 Å². The quantitative estimate of drug-likeness (QED) is 0.220. The van der Waals surface area contributed by atoms with Gasteiger partial charge in [0.05, 0.1) is 35.6 Å². The molecule has 3 aromatic rings. The smallest absolute Gasteiger partial charge is 0.136 e. The first-order chi connectivity index (χ1) is 16.1. The van der Waals surface area contributed by atoms with E-state index in [1.807, 2.05) is 11.8 Å². The Morgan fingerprint density at radius 2 is 1.91 bits per heavy atom. The Hall–Kier alpha value is -1.48. The summed E-state index contributed by atoms with van der Waals surface area (Å²) in [5.74, 6) is 2.18. The van der Waals surface area contributed by atoms with Crippen LogP contribution in [-0.4, -0.2) is 52.6 Å². The van der Waals surface area contributed by atoms with E-state index in [2.05, 4.69) is 30.7 Å². The van der Waals surface area contributed by atoms with Gasteiger partial charge in [0.25, 0.3) is 0 Å². The number of ether oxygens (including phenoxy) is 2. The van der Waals surface area contributed by atoms with Gasteiger partial charge in [-0.3, -0.25) is 0 Å². The average Bonchev–Trinajstić information content (AvgIpc) is 3.20. The number of fused-ring (bicyclic) bond motifs is 5. The first-order valence-electron chi connectivity index (χ1n) is 12.3.